The molecule has 0 saturated carbocycles. The number of carboxylic acids is 2. The predicted octanol–water partition coefficient (Wildman–Crippen LogP) is 21.4. The smallest absolute Gasteiger partial charge is 0.657 e. The second-order valence-corrected chi connectivity index (χ2v) is 29.8. The summed E-state index contributed by atoms with van der Waals surface area (Å²) in [5.41, 5.74) is 23.3. The van der Waals surface area contributed by atoms with E-state index in [4.69, 9.17) is 19.9 Å². The van der Waals surface area contributed by atoms with Gasteiger partial charge in [0, 0.05) is 32.9 Å². The molecule has 10 nitrogen and oxygen atoms in total. The Morgan fingerprint density at radius 3 is 0.763 bits per heavy atom. The van der Waals surface area contributed by atoms with Gasteiger partial charge in [-0.25, -0.2) is 19.6 Å². The van der Waals surface area contributed by atoms with Gasteiger partial charge in [0.1, 0.15) is 0 Å². The molecule has 0 unspecified atom stereocenters. The molecule has 474 valence electrons. The Morgan fingerprint density at radius 1 is 0.320 bits per heavy atom. The van der Waals surface area contributed by atoms with Crippen molar-refractivity contribution in [1.82, 2.24) is 29.1 Å². The minimum Gasteiger partial charge on any atom is -0.657 e. The molecule has 13 aromatic rings. The van der Waals surface area contributed by atoms with Gasteiger partial charge in [0.15, 0.2) is 0 Å². The van der Waals surface area contributed by atoms with Gasteiger partial charge in [-0.15, -0.1) is 22.1 Å². The van der Waals surface area contributed by atoms with Crippen LogP contribution in [0.2, 0.25) is 0 Å². The summed E-state index contributed by atoms with van der Waals surface area (Å²) in [7, 11) is 0. The molecule has 5 aromatic heterocycles. The summed E-state index contributed by atoms with van der Waals surface area (Å²) in [4.78, 5) is 46.7. The van der Waals surface area contributed by atoms with Gasteiger partial charge >= 0.3 is 31.4 Å². The Balaban J connectivity index is 0.00000807. The molecule has 0 radical (unpaired) electrons. The van der Waals surface area contributed by atoms with Gasteiger partial charge in [-0.1, -0.05) is 180 Å². The summed E-state index contributed by atoms with van der Waals surface area (Å²) in [6.07, 6.45) is 8.06. The van der Waals surface area contributed by atoms with E-state index >= 15 is 0 Å². The number of aromatic carboxylic acids is 2. The van der Waals surface area contributed by atoms with Crippen LogP contribution in [0.1, 0.15) is 149 Å². The van der Waals surface area contributed by atoms with E-state index < -0.39 is 11.9 Å². The predicted molar refractivity (Wildman–Crippen MR) is 396 cm³/mol. The standard InChI is InChI=1S/C86H76N6O4.Zn/c1-83(2,3)55-25-41-73-61(45-55)62-46-56(84(4,5)6)26-42-74(62)91(73)59-29-21-51(22-30-59)79-69-37-35-67(88-69)77(49-13-17-53(18-14-49)81(93)94)65-33-34-66(87-65)78(50-15-19-54(20-16-50)82(95)96)68-36-38-70(89-68)80(72-40-39-71(79)90-72)52-23-31-60(32-24-52)92-75-43-27-57(85(7,8)9)47-63(75)64-48-58(86(10,11)12)28-44-76(64)92;/h13-48H,1-12H3,(H4,87,88,89,90,93,94,95,96);/q;+2/p-2. The van der Waals surface area contributed by atoms with Crippen molar-refractivity contribution in [3.63, 3.8) is 0 Å². The van der Waals surface area contributed by atoms with Crippen LogP contribution in [0.15, 0.2) is 194 Å². The molecule has 2 aliphatic rings. The van der Waals surface area contributed by atoms with E-state index in [2.05, 4.69) is 226 Å². The number of carboxylic acid groups (broad SMARTS) is 2. The molecule has 8 aromatic carbocycles. The van der Waals surface area contributed by atoms with Gasteiger partial charge in [-0.2, -0.15) is 0 Å². The zero-order chi connectivity index (χ0) is 67.1. The number of nitrogens with zero attached hydrogens (tertiary/aromatic N) is 6. The van der Waals surface area contributed by atoms with Crippen LogP contribution in [0.4, 0.5) is 0 Å². The SMILES string of the molecule is CC(C)(C)c1ccc2c(c1)c1cc(C(C)(C)C)ccc1n2-c1ccc(-c2c3nc(c(-c4ccc(-n5c6ccc(C(C)(C)C)cc6c6cc(C(C)(C)C)ccc65)cc4)c4ccc([n-]4)c(-c4ccc(C(=O)O)cc4)c4nc(c(-c5ccc(C(=O)O)cc5)c5ccc2[n-]5)C=C4)C=C3)cc1.[Zn+2]. The third kappa shape index (κ3) is 11.3. The maximum absolute atomic E-state index is 12.3. The molecule has 97 heavy (non-hydrogen) atoms. The quantitative estimate of drug-likeness (QED) is 0.143. The topological polar surface area (TPSA) is 138 Å². The van der Waals surface area contributed by atoms with E-state index in [1.165, 1.54) is 43.8 Å². The summed E-state index contributed by atoms with van der Waals surface area (Å²) in [6.45, 7) is 27.2. The Kier molecular flexibility index (Phi) is 15.4. The number of aromatic nitrogens is 6. The fraction of sp³-hybridized carbons (Fsp3) is 0.186. The average Bonchev–Trinajstić information content (AvgIpc) is 1.61. The van der Waals surface area contributed by atoms with Crippen LogP contribution < -0.4 is 9.97 Å². The molecule has 0 fully saturated rings. The molecule has 2 N–H and O–H groups in total. The van der Waals surface area contributed by atoms with Crippen molar-refractivity contribution < 1.29 is 39.3 Å². The maximum Gasteiger partial charge on any atom is 2.00 e. The number of hydrogen-bond donors (Lipinski definition) is 2. The summed E-state index contributed by atoms with van der Waals surface area (Å²) < 4.78 is 4.75. The number of carbonyl (C=O) groups is 2. The first-order chi connectivity index (χ1) is 45.7. The van der Waals surface area contributed by atoms with Crippen LogP contribution in [-0.2, 0) is 41.1 Å². The molecular formula is C86H74N6O4Zn. The monoisotopic (exact) mass is 1320 g/mol. The maximum atomic E-state index is 12.3. The minimum atomic E-state index is -1.03. The summed E-state index contributed by atoms with van der Waals surface area (Å²) in [5.74, 6) is -2.06. The van der Waals surface area contributed by atoms with Crippen molar-refractivity contribution in [2.24, 2.45) is 0 Å². The molecule has 8 bridgehead atoms. The Bertz CT molecular complexity index is 5160. The van der Waals surface area contributed by atoms with Crippen LogP contribution in [0.3, 0.4) is 0 Å². The largest absolute Gasteiger partial charge is 2.00 e. The van der Waals surface area contributed by atoms with Crippen LogP contribution in [0, 0.1) is 0 Å². The van der Waals surface area contributed by atoms with Crippen molar-refractivity contribution in [3.05, 3.63) is 250 Å². The van der Waals surface area contributed by atoms with E-state index in [0.29, 0.717) is 56.0 Å². The zero-order valence-corrected chi connectivity index (χ0v) is 59.9. The Labute approximate surface area is 577 Å². The summed E-state index contributed by atoms with van der Waals surface area (Å²) >= 11 is 0. The molecule has 2 aliphatic heterocycles. The van der Waals surface area contributed by atoms with Crippen molar-refractivity contribution in [3.8, 4) is 55.9 Å². The van der Waals surface area contributed by atoms with Gasteiger partial charge in [-0.3, -0.25) is 0 Å². The minimum absolute atomic E-state index is 0. The fourth-order valence-corrected chi connectivity index (χ4v) is 13.9. The number of benzene rings is 8. The van der Waals surface area contributed by atoms with E-state index in [1.54, 1.807) is 48.5 Å². The first-order valence-corrected chi connectivity index (χ1v) is 32.9. The van der Waals surface area contributed by atoms with Crippen molar-refractivity contribution in [1.29, 1.82) is 0 Å². The molecular weight excluding hydrogens is 1250 g/mol. The van der Waals surface area contributed by atoms with Crippen LogP contribution in [-0.4, -0.2) is 41.3 Å². The van der Waals surface area contributed by atoms with Crippen molar-refractivity contribution in [2.75, 3.05) is 0 Å². The van der Waals surface area contributed by atoms with Crippen LogP contribution in [0.25, 0.3) is 146 Å². The molecule has 0 amide bonds. The molecule has 0 atom stereocenters. The molecule has 11 heteroatoms. The zero-order valence-electron chi connectivity index (χ0n) is 56.9. The summed E-state index contributed by atoms with van der Waals surface area (Å²) in [6, 6.07) is 66.8. The van der Waals surface area contributed by atoms with Crippen LogP contribution in [0.5, 0.6) is 0 Å². The number of fused-ring (bicyclic) bond motifs is 14. The Morgan fingerprint density at radius 2 is 0.546 bits per heavy atom. The van der Waals surface area contributed by atoms with Gasteiger partial charge in [-0.05, 0) is 210 Å². The first-order valence-electron chi connectivity index (χ1n) is 32.9. The van der Waals surface area contributed by atoms with Gasteiger partial charge < -0.3 is 29.3 Å². The normalized spacial score (nSPS) is 12.7. The van der Waals surface area contributed by atoms with Gasteiger partial charge in [0.2, 0.25) is 0 Å². The van der Waals surface area contributed by atoms with E-state index in [0.717, 1.165) is 66.8 Å². The summed E-state index contributed by atoms with van der Waals surface area (Å²) in [5, 5.41) is 24.9. The second-order valence-electron chi connectivity index (χ2n) is 29.8. The van der Waals surface area contributed by atoms with E-state index in [1.807, 2.05) is 36.4 Å². The second kappa shape index (κ2) is 23.4. The number of hydrogen-bond acceptors (Lipinski definition) is 4. The molecule has 0 spiro atoms. The Hall–Kier alpha value is -10.5. The van der Waals surface area contributed by atoms with Crippen molar-refractivity contribution in [2.45, 2.75) is 105 Å². The molecule has 0 aliphatic carbocycles. The first kappa shape index (κ1) is 63.9. The third-order valence-electron chi connectivity index (χ3n) is 19.3. The average molecular weight is 1320 g/mol. The van der Waals surface area contributed by atoms with Gasteiger partial charge in [0.05, 0.1) is 56.0 Å². The molecule has 15 rings (SSSR count). The molecule has 0 saturated heterocycles. The van der Waals surface area contributed by atoms with E-state index in [-0.39, 0.29) is 52.3 Å². The van der Waals surface area contributed by atoms with Gasteiger partial charge in [0.25, 0.3) is 0 Å². The number of rotatable bonds is 8. The van der Waals surface area contributed by atoms with Crippen molar-refractivity contribution >= 4 is 102 Å². The fourth-order valence-electron chi connectivity index (χ4n) is 13.9. The third-order valence-corrected chi connectivity index (χ3v) is 19.3. The van der Waals surface area contributed by atoms with E-state index in [9.17, 15) is 19.8 Å². The molecule has 7 heterocycles. The van der Waals surface area contributed by atoms with Crippen LogP contribution >= 0.6 is 0 Å².